The molecule has 1 aromatic rings. The van der Waals surface area contributed by atoms with Crippen LogP contribution >= 0.6 is 23.2 Å². The van der Waals surface area contributed by atoms with Crippen molar-refractivity contribution in [3.8, 4) is 0 Å². The van der Waals surface area contributed by atoms with Crippen molar-refractivity contribution >= 4 is 28.9 Å². The van der Waals surface area contributed by atoms with Crippen LogP contribution in [-0.2, 0) is 10.6 Å². The van der Waals surface area contributed by atoms with E-state index in [1.165, 1.54) is 0 Å². The van der Waals surface area contributed by atoms with E-state index in [4.69, 9.17) is 27.9 Å². The van der Waals surface area contributed by atoms with Crippen molar-refractivity contribution in [3.63, 3.8) is 0 Å². The van der Waals surface area contributed by atoms with E-state index in [1.807, 2.05) is 18.2 Å². The summed E-state index contributed by atoms with van der Waals surface area (Å²) in [5.41, 5.74) is 2.28. The fourth-order valence-corrected chi connectivity index (χ4v) is 2.52. The van der Waals surface area contributed by atoms with Crippen LogP contribution in [0.25, 0.3) is 0 Å². The quantitative estimate of drug-likeness (QED) is 0.779. The molecule has 2 nitrogen and oxygen atoms in total. The highest BCUT2D eigenvalue weighted by Crippen LogP contribution is 2.28. The summed E-state index contributed by atoms with van der Waals surface area (Å²) in [5.74, 6) is 0.515. The van der Waals surface area contributed by atoms with E-state index in [0.29, 0.717) is 12.0 Å². The normalized spacial score (nSPS) is 20.6. The average Bonchev–Trinajstić information content (AvgIpc) is 2.39. The minimum absolute atomic E-state index is 0.311. The van der Waals surface area contributed by atoms with E-state index in [9.17, 15) is 0 Å². The number of benzene rings is 1. The van der Waals surface area contributed by atoms with E-state index in [2.05, 4.69) is 11.8 Å². The predicted octanol–water partition coefficient (Wildman–Crippen LogP) is 3.69. The molecule has 1 fully saturated rings. The van der Waals surface area contributed by atoms with Gasteiger partial charge < -0.3 is 9.64 Å². The molecule has 1 saturated heterocycles. The largest absolute Gasteiger partial charge is 0.375 e. The van der Waals surface area contributed by atoms with Crippen molar-refractivity contribution < 1.29 is 4.74 Å². The molecule has 1 heterocycles. The topological polar surface area (TPSA) is 12.5 Å². The third-order valence-corrected chi connectivity index (χ3v) is 3.65. The van der Waals surface area contributed by atoms with Gasteiger partial charge in [-0.25, -0.2) is 0 Å². The number of hydrogen-bond donors (Lipinski definition) is 0. The molecule has 0 spiro atoms. The monoisotopic (exact) mass is 273 g/mol. The lowest BCUT2D eigenvalue weighted by Crippen LogP contribution is -2.42. The summed E-state index contributed by atoms with van der Waals surface area (Å²) in [4.78, 5) is 2.32. The molecule has 1 aliphatic heterocycles. The first-order chi connectivity index (χ1) is 8.24. The van der Waals surface area contributed by atoms with Gasteiger partial charge in [0.2, 0.25) is 0 Å². The minimum Gasteiger partial charge on any atom is -0.375 e. The number of rotatable bonds is 3. The number of alkyl halides is 1. The van der Waals surface area contributed by atoms with Gasteiger partial charge >= 0.3 is 0 Å². The second-order valence-electron chi connectivity index (χ2n) is 4.25. The summed E-state index contributed by atoms with van der Waals surface area (Å²) in [6, 6.07) is 5.89. The smallest absolute Gasteiger partial charge is 0.0748 e. The lowest BCUT2D eigenvalue weighted by molar-refractivity contribution is 0.0384. The van der Waals surface area contributed by atoms with Crippen LogP contribution in [0.15, 0.2) is 18.2 Å². The minimum atomic E-state index is 0.311. The Morgan fingerprint density at radius 2 is 2.29 bits per heavy atom. The van der Waals surface area contributed by atoms with Crippen LogP contribution in [0.2, 0.25) is 5.02 Å². The fraction of sp³-hybridized carbons (Fsp3) is 0.538. The molecule has 2 rings (SSSR count). The van der Waals surface area contributed by atoms with E-state index >= 15 is 0 Å². The molecule has 0 amide bonds. The molecule has 0 radical (unpaired) electrons. The van der Waals surface area contributed by atoms with E-state index in [-0.39, 0.29) is 0 Å². The third kappa shape index (κ3) is 3.06. The standard InChI is InChI=1S/C13H17Cl2NO/c1-2-12-9-16(5-6-17-12)13-7-11(15)4-3-10(13)8-14/h3-4,7,12H,2,5-6,8-9H2,1H3. The molecular weight excluding hydrogens is 257 g/mol. The Bertz CT molecular complexity index is 384. The van der Waals surface area contributed by atoms with Gasteiger partial charge in [-0.05, 0) is 24.1 Å². The van der Waals surface area contributed by atoms with Gasteiger partial charge in [0.05, 0.1) is 12.7 Å². The molecule has 17 heavy (non-hydrogen) atoms. The number of anilines is 1. The van der Waals surface area contributed by atoms with Crippen molar-refractivity contribution in [2.24, 2.45) is 0 Å². The summed E-state index contributed by atoms with van der Waals surface area (Å²) in [5, 5.41) is 0.758. The van der Waals surface area contributed by atoms with Crippen LogP contribution in [0.5, 0.6) is 0 Å². The number of morpholine rings is 1. The van der Waals surface area contributed by atoms with Crippen molar-refractivity contribution in [2.45, 2.75) is 25.3 Å². The van der Waals surface area contributed by atoms with Crippen LogP contribution in [0.3, 0.4) is 0 Å². The first kappa shape index (κ1) is 13.0. The first-order valence-electron chi connectivity index (χ1n) is 5.95. The second kappa shape index (κ2) is 5.94. The lowest BCUT2D eigenvalue weighted by atomic mass is 10.1. The molecule has 4 heteroatoms. The maximum Gasteiger partial charge on any atom is 0.0748 e. The maximum absolute atomic E-state index is 6.06. The molecule has 1 atom stereocenters. The van der Waals surface area contributed by atoms with Crippen molar-refractivity contribution in [1.29, 1.82) is 0 Å². The van der Waals surface area contributed by atoms with Crippen LogP contribution in [0.1, 0.15) is 18.9 Å². The molecule has 0 bridgehead atoms. The number of ether oxygens (including phenoxy) is 1. The van der Waals surface area contributed by atoms with Gasteiger partial charge in [-0.2, -0.15) is 0 Å². The zero-order valence-corrected chi connectivity index (χ0v) is 11.5. The Morgan fingerprint density at radius 3 is 3.00 bits per heavy atom. The lowest BCUT2D eigenvalue weighted by Gasteiger charge is -2.35. The van der Waals surface area contributed by atoms with E-state index in [0.717, 1.165) is 42.4 Å². The molecule has 0 N–H and O–H groups in total. The van der Waals surface area contributed by atoms with Gasteiger partial charge in [0.1, 0.15) is 0 Å². The van der Waals surface area contributed by atoms with Crippen molar-refractivity contribution in [3.05, 3.63) is 28.8 Å². The average molecular weight is 274 g/mol. The highest BCUT2D eigenvalue weighted by Gasteiger charge is 2.21. The highest BCUT2D eigenvalue weighted by molar-refractivity contribution is 6.31. The predicted molar refractivity (Wildman–Crippen MR) is 73.3 cm³/mol. The third-order valence-electron chi connectivity index (χ3n) is 3.13. The van der Waals surface area contributed by atoms with Gasteiger partial charge in [0.15, 0.2) is 0 Å². The molecule has 94 valence electrons. The first-order valence-corrected chi connectivity index (χ1v) is 6.86. The number of hydrogen-bond acceptors (Lipinski definition) is 2. The zero-order chi connectivity index (χ0) is 12.3. The highest BCUT2D eigenvalue weighted by atomic mass is 35.5. The van der Waals surface area contributed by atoms with E-state index < -0.39 is 0 Å². The summed E-state index contributed by atoms with van der Waals surface area (Å²) < 4.78 is 5.67. The summed E-state index contributed by atoms with van der Waals surface area (Å²) in [7, 11) is 0. The molecule has 0 saturated carbocycles. The molecule has 0 aliphatic carbocycles. The van der Waals surface area contributed by atoms with Crippen molar-refractivity contribution in [1.82, 2.24) is 0 Å². The molecular formula is C13H17Cl2NO. The second-order valence-corrected chi connectivity index (χ2v) is 4.96. The molecule has 1 unspecified atom stereocenters. The van der Waals surface area contributed by atoms with Crippen LogP contribution < -0.4 is 4.90 Å². The Kier molecular flexibility index (Phi) is 4.55. The summed E-state index contributed by atoms with van der Waals surface area (Å²) >= 11 is 12.0. The number of halogens is 2. The van der Waals surface area contributed by atoms with Gasteiger partial charge in [-0.3, -0.25) is 0 Å². The fourth-order valence-electron chi connectivity index (χ4n) is 2.13. The van der Waals surface area contributed by atoms with Gasteiger partial charge in [-0.15, -0.1) is 11.6 Å². The van der Waals surface area contributed by atoms with E-state index in [1.54, 1.807) is 0 Å². The van der Waals surface area contributed by atoms with Gasteiger partial charge in [-0.1, -0.05) is 24.6 Å². The molecule has 0 aromatic heterocycles. The Labute approximate surface area is 112 Å². The van der Waals surface area contributed by atoms with Gasteiger partial charge in [0, 0.05) is 29.7 Å². The molecule has 1 aromatic carbocycles. The Hall–Kier alpha value is -0.440. The Balaban J connectivity index is 2.22. The summed E-state index contributed by atoms with van der Waals surface area (Å²) in [6.07, 6.45) is 1.35. The SMILES string of the molecule is CCC1CN(c2cc(Cl)ccc2CCl)CCO1. The number of nitrogens with zero attached hydrogens (tertiary/aromatic N) is 1. The molecule has 1 aliphatic rings. The van der Waals surface area contributed by atoms with Crippen LogP contribution in [0, 0.1) is 0 Å². The van der Waals surface area contributed by atoms with Crippen LogP contribution in [0.4, 0.5) is 5.69 Å². The summed E-state index contributed by atoms with van der Waals surface area (Å²) in [6.45, 7) is 4.74. The van der Waals surface area contributed by atoms with Crippen molar-refractivity contribution in [2.75, 3.05) is 24.6 Å². The maximum atomic E-state index is 6.06. The van der Waals surface area contributed by atoms with Crippen LogP contribution in [-0.4, -0.2) is 25.8 Å². The van der Waals surface area contributed by atoms with Gasteiger partial charge in [0.25, 0.3) is 0 Å². The Morgan fingerprint density at radius 1 is 1.47 bits per heavy atom. The zero-order valence-electron chi connectivity index (χ0n) is 9.96.